The number of aromatic carboxylic acids is 1. The van der Waals surface area contributed by atoms with E-state index in [1.807, 2.05) is 0 Å². The number of hydrogen-bond donors (Lipinski definition) is 2. The molecule has 13 heavy (non-hydrogen) atoms. The molecule has 1 aromatic rings. The van der Waals surface area contributed by atoms with Gasteiger partial charge in [0, 0.05) is 6.42 Å². The highest BCUT2D eigenvalue weighted by atomic mass is 35.5. The molecule has 0 amide bonds. The molecule has 0 atom stereocenters. The Kier molecular flexibility index (Phi) is 4.90. The first-order chi connectivity index (χ1) is 5.65. The molecule has 4 nitrogen and oxygen atoms in total. The first kappa shape index (κ1) is 12.3. The van der Waals surface area contributed by atoms with Gasteiger partial charge in [-0.25, -0.2) is 9.78 Å². The predicted octanol–water partition coefficient (Wildman–Crippen LogP) is 1.07. The molecule has 0 bridgehead atoms. The zero-order valence-corrected chi connectivity index (χ0v) is 8.74. The van der Waals surface area contributed by atoms with Crippen LogP contribution in [-0.2, 0) is 6.42 Å². The van der Waals surface area contributed by atoms with Gasteiger partial charge >= 0.3 is 5.97 Å². The Morgan fingerprint density at radius 3 is 2.69 bits per heavy atom. The average molecular weight is 223 g/mol. The first-order valence-corrected chi connectivity index (χ1v) is 4.36. The van der Waals surface area contributed by atoms with Crippen molar-refractivity contribution in [2.75, 3.05) is 6.54 Å². The van der Waals surface area contributed by atoms with E-state index in [0.717, 1.165) is 5.01 Å². The van der Waals surface area contributed by atoms with Crippen molar-refractivity contribution in [3.8, 4) is 0 Å². The zero-order chi connectivity index (χ0) is 9.14. The molecule has 0 unspecified atom stereocenters. The lowest BCUT2D eigenvalue weighted by molar-refractivity contribution is 0.0701. The molecule has 1 rings (SSSR count). The van der Waals surface area contributed by atoms with Crippen molar-refractivity contribution in [1.29, 1.82) is 0 Å². The van der Waals surface area contributed by atoms with Crippen molar-refractivity contribution in [2.45, 2.75) is 13.3 Å². The normalized spacial score (nSPS) is 9.38. The van der Waals surface area contributed by atoms with Crippen LogP contribution in [0.4, 0.5) is 0 Å². The predicted molar refractivity (Wildman–Crippen MR) is 53.8 cm³/mol. The van der Waals surface area contributed by atoms with Crippen LogP contribution in [0.15, 0.2) is 0 Å². The Balaban J connectivity index is 0.00000144. The summed E-state index contributed by atoms with van der Waals surface area (Å²) in [6.07, 6.45) is 0.652. The summed E-state index contributed by atoms with van der Waals surface area (Å²) in [5.41, 5.74) is 5.89. The zero-order valence-electron chi connectivity index (χ0n) is 7.11. The average Bonchev–Trinajstić information content (AvgIpc) is 2.32. The smallest absolute Gasteiger partial charge is 0.347 e. The van der Waals surface area contributed by atoms with Gasteiger partial charge in [0.15, 0.2) is 0 Å². The van der Waals surface area contributed by atoms with Crippen LogP contribution in [0.5, 0.6) is 0 Å². The number of carboxylic acid groups (broad SMARTS) is 1. The summed E-state index contributed by atoms with van der Waals surface area (Å²) in [5.74, 6) is -0.909. The van der Waals surface area contributed by atoms with Crippen molar-refractivity contribution in [2.24, 2.45) is 5.73 Å². The highest BCUT2D eigenvalue weighted by Gasteiger charge is 2.12. The maximum Gasteiger partial charge on any atom is 0.347 e. The van der Waals surface area contributed by atoms with Crippen LogP contribution in [0.3, 0.4) is 0 Å². The monoisotopic (exact) mass is 222 g/mol. The lowest BCUT2D eigenvalue weighted by Crippen LogP contribution is -2.01. The number of aromatic nitrogens is 1. The van der Waals surface area contributed by atoms with Crippen LogP contribution >= 0.6 is 23.7 Å². The minimum Gasteiger partial charge on any atom is -0.477 e. The van der Waals surface area contributed by atoms with Crippen LogP contribution in [0, 0.1) is 6.92 Å². The molecule has 0 aliphatic heterocycles. The van der Waals surface area contributed by atoms with E-state index in [0.29, 0.717) is 23.5 Å². The fourth-order valence-electron chi connectivity index (χ4n) is 0.881. The summed E-state index contributed by atoms with van der Waals surface area (Å²) in [6, 6.07) is 0. The number of nitrogens with two attached hydrogens (primary N) is 1. The molecule has 3 N–H and O–H groups in total. The fourth-order valence-corrected chi connectivity index (χ4v) is 1.80. The maximum atomic E-state index is 10.6. The molecule has 0 aliphatic carbocycles. The number of thiazole rings is 1. The van der Waals surface area contributed by atoms with Crippen LogP contribution in [0.1, 0.15) is 20.4 Å². The van der Waals surface area contributed by atoms with Crippen LogP contribution in [0.25, 0.3) is 0 Å². The van der Waals surface area contributed by atoms with Gasteiger partial charge in [0.25, 0.3) is 0 Å². The van der Waals surface area contributed by atoms with Gasteiger partial charge < -0.3 is 10.8 Å². The third-order valence-corrected chi connectivity index (χ3v) is 2.60. The molecule has 0 saturated carbocycles. The summed E-state index contributed by atoms with van der Waals surface area (Å²) in [6.45, 7) is 2.20. The molecule has 6 heteroatoms. The lowest BCUT2D eigenvalue weighted by Gasteiger charge is -1.86. The second-order valence-electron chi connectivity index (χ2n) is 2.37. The third kappa shape index (κ3) is 2.95. The third-order valence-electron chi connectivity index (χ3n) is 1.39. The number of carbonyl (C=O) groups is 1. The number of aryl methyl sites for hydroxylation is 1. The largest absolute Gasteiger partial charge is 0.477 e. The molecule has 0 aliphatic rings. The molecular weight excluding hydrogens is 212 g/mol. The van der Waals surface area contributed by atoms with E-state index in [4.69, 9.17) is 10.8 Å². The van der Waals surface area contributed by atoms with E-state index in [2.05, 4.69) is 4.98 Å². The number of rotatable bonds is 3. The summed E-state index contributed by atoms with van der Waals surface area (Å²) < 4.78 is 0. The molecule has 1 aromatic heterocycles. The summed E-state index contributed by atoms with van der Waals surface area (Å²) in [4.78, 5) is 15.0. The fraction of sp³-hybridized carbons (Fsp3) is 0.429. The number of carboxylic acids is 1. The molecular formula is C7H11ClN2O2S. The van der Waals surface area contributed by atoms with Crippen molar-refractivity contribution >= 4 is 29.7 Å². The Hall–Kier alpha value is -0.650. The van der Waals surface area contributed by atoms with Gasteiger partial charge in [-0.15, -0.1) is 23.7 Å². The second-order valence-corrected chi connectivity index (χ2v) is 3.45. The molecule has 0 fully saturated rings. The minimum absolute atomic E-state index is 0. The minimum atomic E-state index is -0.909. The van der Waals surface area contributed by atoms with Gasteiger partial charge in [-0.05, 0) is 13.5 Å². The van der Waals surface area contributed by atoms with Gasteiger partial charge in [-0.2, -0.15) is 0 Å². The SMILES string of the molecule is Cc1nc(CCN)sc1C(=O)O.Cl. The second kappa shape index (κ2) is 5.16. The Bertz CT molecular complexity index is 301. The van der Waals surface area contributed by atoms with Crippen LogP contribution in [-0.4, -0.2) is 22.6 Å². The molecule has 74 valence electrons. The van der Waals surface area contributed by atoms with E-state index in [1.165, 1.54) is 11.3 Å². The van der Waals surface area contributed by atoms with Crippen molar-refractivity contribution in [3.63, 3.8) is 0 Å². The van der Waals surface area contributed by atoms with Crippen LogP contribution < -0.4 is 5.73 Å². The molecule has 0 aromatic carbocycles. The van der Waals surface area contributed by atoms with E-state index in [9.17, 15) is 4.79 Å². The van der Waals surface area contributed by atoms with Crippen molar-refractivity contribution in [3.05, 3.63) is 15.6 Å². The maximum absolute atomic E-state index is 10.6. The molecule has 0 saturated heterocycles. The molecule has 0 radical (unpaired) electrons. The standard InChI is InChI=1S/C7H10N2O2S.ClH/c1-4-6(7(10)11)12-5(9-4)2-3-8;/h2-3,8H2,1H3,(H,10,11);1H. The summed E-state index contributed by atoms with van der Waals surface area (Å²) >= 11 is 1.20. The van der Waals surface area contributed by atoms with Crippen LogP contribution in [0.2, 0.25) is 0 Å². The Morgan fingerprint density at radius 2 is 2.31 bits per heavy atom. The molecule has 1 heterocycles. The van der Waals surface area contributed by atoms with Gasteiger partial charge in [0.1, 0.15) is 4.88 Å². The number of hydrogen-bond acceptors (Lipinski definition) is 4. The number of nitrogens with zero attached hydrogens (tertiary/aromatic N) is 1. The van der Waals surface area contributed by atoms with Gasteiger partial charge in [0.05, 0.1) is 10.7 Å². The van der Waals surface area contributed by atoms with Crippen molar-refractivity contribution in [1.82, 2.24) is 4.98 Å². The number of halogens is 1. The van der Waals surface area contributed by atoms with E-state index < -0.39 is 5.97 Å². The van der Waals surface area contributed by atoms with E-state index in [1.54, 1.807) is 6.92 Å². The first-order valence-electron chi connectivity index (χ1n) is 3.54. The molecule has 0 spiro atoms. The van der Waals surface area contributed by atoms with Crippen molar-refractivity contribution < 1.29 is 9.90 Å². The summed E-state index contributed by atoms with van der Waals surface area (Å²) in [5, 5.41) is 9.48. The van der Waals surface area contributed by atoms with E-state index >= 15 is 0 Å². The van der Waals surface area contributed by atoms with Gasteiger partial charge in [-0.1, -0.05) is 0 Å². The highest BCUT2D eigenvalue weighted by Crippen LogP contribution is 2.17. The summed E-state index contributed by atoms with van der Waals surface area (Å²) in [7, 11) is 0. The Labute approximate surface area is 86.2 Å². The van der Waals surface area contributed by atoms with Gasteiger partial charge in [-0.3, -0.25) is 0 Å². The van der Waals surface area contributed by atoms with Gasteiger partial charge in [0.2, 0.25) is 0 Å². The highest BCUT2D eigenvalue weighted by molar-refractivity contribution is 7.13. The quantitative estimate of drug-likeness (QED) is 0.802. The lowest BCUT2D eigenvalue weighted by atomic mass is 10.4. The van der Waals surface area contributed by atoms with E-state index in [-0.39, 0.29) is 12.4 Å². The topological polar surface area (TPSA) is 76.2 Å². The Morgan fingerprint density at radius 1 is 1.69 bits per heavy atom.